The van der Waals surface area contributed by atoms with Crippen LogP contribution in [0.1, 0.15) is 30.9 Å². The zero-order valence-corrected chi connectivity index (χ0v) is 15.9. The molecule has 1 saturated carbocycles. The first kappa shape index (κ1) is 19.4. The topological polar surface area (TPSA) is 87.3 Å². The molecule has 0 unspecified atom stereocenters. The summed E-state index contributed by atoms with van der Waals surface area (Å²) in [4.78, 5) is 36.3. The van der Waals surface area contributed by atoms with Gasteiger partial charge in [0.1, 0.15) is 5.70 Å². The SMILES string of the molecule is CC(=O)N/C(=C\c1ccccc1)C(=O)Nc1cccc(NC(=O)C2CC2)c1C. The van der Waals surface area contributed by atoms with Crippen LogP contribution in [0, 0.1) is 12.8 Å². The van der Waals surface area contributed by atoms with Gasteiger partial charge in [-0.1, -0.05) is 36.4 Å². The van der Waals surface area contributed by atoms with E-state index in [1.807, 2.05) is 37.3 Å². The standard InChI is InChI=1S/C22H23N3O3/c1-14-18(24-21(27)17-11-12-17)9-6-10-19(14)25-22(28)20(23-15(2)26)13-16-7-4-3-5-8-16/h3-10,13,17H,11-12H2,1-2H3,(H,23,26)(H,24,27)(H,25,28)/b20-13-. The van der Waals surface area contributed by atoms with E-state index in [2.05, 4.69) is 16.0 Å². The van der Waals surface area contributed by atoms with Gasteiger partial charge in [0.05, 0.1) is 0 Å². The molecule has 3 amide bonds. The lowest BCUT2D eigenvalue weighted by Gasteiger charge is -2.15. The molecule has 0 aromatic heterocycles. The monoisotopic (exact) mass is 377 g/mol. The number of hydrogen-bond acceptors (Lipinski definition) is 3. The molecule has 0 aliphatic heterocycles. The average Bonchev–Trinajstić information content (AvgIpc) is 3.50. The second kappa shape index (κ2) is 8.52. The highest BCUT2D eigenvalue weighted by atomic mass is 16.2. The van der Waals surface area contributed by atoms with Crippen molar-refractivity contribution >= 4 is 35.2 Å². The molecular formula is C22H23N3O3. The van der Waals surface area contributed by atoms with Crippen LogP contribution >= 0.6 is 0 Å². The summed E-state index contributed by atoms with van der Waals surface area (Å²) in [5, 5.41) is 8.31. The molecule has 1 fully saturated rings. The van der Waals surface area contributed by atoms with E-state index in [0.717, 1.165) is 24.0 Å². The van der Waals surface area contributed by atoms with Gasteiger partial charge in [-0.3, -0.25) is 14.4 Å². The first-order chi connectivity index (χ1) is 13.4. The molecule has 3 N–H and O–H groups in total. The summed E-state index contributed by atoms with van der Waals surface area (Å²) in [5.74, 6) is -0.667. The average molecular weight is 377 g/mol. The second-order valence-electron chi connectivity index (χ2n) is 6.85. The van der Waals surface area contributed by atoms with Crippen molar-refractivity contribution in [3.63, 3.8) is 0 Å². The molecule has 0 heterocycles. The molecule has 3 rings (SSSR count). The van der Waals surface area contributed by atoms with E-state index in [-0.39, 0.29) is 23.4 Å². The first-order valence-electron chi connectivity index (χ1n) is 9.20. The molecule has 6 heteroatoms. The molecule has 0 saturated heterocycles. The van der Waals surface area contributed by atoms with E-state index in [4.69, 9.17) is 0 Å². The van der Waals surface area contributed by atoms with Crippen LogP contribution in [-0.2, 0) is 14.4 Å². The van der Waals surface area contributed by atoms with Crippen LogP contribution in [0.3, 0.4) is 0 Å². The third-order valence-electron chi connectivity index (χ3n) is 4.45. The van der Waals surface area contributed by atoms with Crippen LogP contribution in [0.25, 0.3) is 6.08 Å². The van der Waals surface area contributed by atoms with Crippen molar-refractivity contribution in [2.75, 3.05) is 10.6 Å². The Hall–Kier alpha value is -3.41. The summed E-state index contributed by atoms with van der Waals surface area (Å²) in [5.41, 5.74) is 2.94. The fourth-order valence-corrected chi connectivity index (χ4v) is 2.74. The molecule has 28 heavy (non-hydrogen) atoms. The van der Waals surface area contributed by atoms with Gasteiger partial charge < -0.3 is 16.0 Å². The lowest BCUT2D eigenvalue weighted by molar-refractivity contribution is -0.120. The van der Waals surface area contributed by atoms with Crippen LogP contribution in [-0.4, -0.2) is 17.7 Å². The Morgan fingerprint density at radius 1 is 0.929 bits per heavy atom. The van der Waals surface area contributed by atoms with Gasteiger partial charge in [0.25, 0.3) is 5.91 Å². The van der Waals surface area contributed by atoms with Gasteiger partial charge in [0.15, 0.2) is 0 Å². The minimum absolute atomic E-state index is 0.00878. The molecule has 2 aromatic rings. The Balaban J connectivity index is 1.80. The number of rotatable bonds is 6. The van der Waals surface area contributed by atoms with Gasteiger partial charge in [-0.05, 0) is 49.1 Å². The fourth-order valence-electron chi connectivity index (χ4n) is 2.74. The highest BCUT2D eigenvalue weighted by Gasteiger charge is 2.29. The van der Waals surface area contributed by atoms with Gasteiger partial charge >= 0.3 is 0 Å². The molecule has 144 valence electrons. The number of amides is 3. The van der Waals surface area contributed by atoms with Crippen molar-refractivity contribution < 1.29 is 14.4 Å². The third-order valence-corrected chi connectivity index (χ3v) is 4.45. The Morgan fingerprint density at radius 2 is 1.57 bits per heavy atom. The van der Waals surface area contributed by atoms with Crippen LogP contribution in [0.2, 0.25) is 0 Å². The number of benzene rings is 2. The molecule has 2 aromatic carbocycles. The molecule has 0 spiro atoms. The summed E-state index contributed by atoms with van der Waals surface area (Å²) in [6.07, 6.45) is 3.46. The van der Waals surface area contributed by atoms with E-state index in [0.29, 0.717) is 11.4 Å². The van der Waals surface area contributed by atoms with Gasteiger partial charge in [-0.15, -0.1) is 0 Å². The van der Waals surface area contributed by atoms with E-state index < -0.39 is 5.91 Å². The molecule has 6 nitrogen and oxygen atoms in total. The maximum Gasteiger partial charge on any atom is 0.272 e. The molecule has 0 radical (unpaired) electrons. The molecular weight excluding hydrogens is 354 g/mol. The second-order valence-corrected chi connectivity index (χ2v) is 6.85. The predicted octanol–water partition coefficient (Wildman–Crippen LogP) is 3.46. The normalized spacial score (nSPS) is 13.6. The van der Waals surface area contributed by atoms with Gasteiger partial charge in [0, 0.05) is 24.2 Å². The van der Waals surface area contributed by atoms with Crippen molar-refractivity contribution in [1.29, 1.82) is 0 Å². The molecule has 1 aliphatic carbocycles. The van der Waals surface area contributed by atoms with Crippen molar-refractivity contribution in [1.82, 2.24) is 5.32 Å². The van der Waals surface area contributed by atoms with Crippen LogP contribution < -0.4 is 16.0 Å². The van der Waals surface area contributed by atoms with E-state index in [1.165, 1.54) is 6.92 Å². The highest BCUT2D eigenvalue weighted by molar-refractivity contribution is 6.09. The fraction of sp³-hybridized carbons (Fsp3) is 0.227. The lowest BCUT2D eigenvalue weighted by Crippen LogP contribution is -2.29. The van der Waals surface area contributed by atoms with E-state index >= 15 is 0 Å². The van der Waals surface area contributed by atoms with E-state index in [1.54, 1.807) is 24.3 Å². The summed E-state index contributed by atoms with van der Waals surface area (Å²) in [6.45, 7) is 3.18. The molecule has 0 bridgehead atoms. The summed E-state index contributed by atoms with van der Waals surface area (Å²) in [6, 6.07) is 14.6. The maximum absolute atomic E-state index is 12.8. The van der Waals surface area contributed by atoms with Gasteiger partial charge in [-0.2, -0.15) is 0 Å². The quantitative estimate of drug-likeness (QED) is 0.674. The summed E-state index contributed by atoms with van der Waals surface area (Å²) < 4.78 is 0. The van der Waals surface area contributed by atoms with E-state index in [9.17, 15) is 14.4 Å². The molecule has 1 aliphatic rings. The van der Waals surface area contributed by atoms with Crippen LogP contribution in [0.15, 0.2) is 54.2 Å². The van der Waals surface area contributed by atoms with Crippen molar-refractivity contribution in [2.45, 2.75) is 26.7 Å². The Bertz CT molecular complexity index is 931. The highest BCUT2D eigenvalue weighted by Crippen LogP contribution is 2.31. The summed E-state index contributed by atoms with van der Waals surface area (Å²) >= 11 is 0. The Kier molecular flexibility index (Phi) is 5.89. The Labute approximate surface area is 164 Å². The van der Waals surface area contributed by atoms with Crippen molar-refractivity contribution in [2.24, 2.45) is 5.92 Å². The van der Waals surface area contributed by atoms with Crippen molar-refractivity contribution in [3.05, 3.63) is 65.4 Å². The van der Waals surface area contributed by atoms with Crippen LogP contribution in [0.4, 0.5) is 11.4 Å². The zero-order valence-electron chi connectivity index (χ0n) is 15.9. The number of nitrogens with one attached hydrogen (secondary N) is 3. The van der Waals surface area contributed by atoms with Crippen molar-refractivity contribution in [3.8, 4) is 0 Å². The van der Waals surface area contributed by atoms with Gasteiger partial charge in [0.2, 0.25) is 11.8 Å². The lowest BCUT2D eigenvalue weighted by atomic mass is 10.1. The van der Waals surface area contributed by atoms with Gasteiger partial charge in [-0.25, -0.2) is 0 Å². The number of anilines is 2. The largest absolute Gasteiger partial charge is 0.326 e. The number of hydrogen-bond donors (Lipinski definition) is 3. The first-order valence-corrected chi connectivity index (χ1v) is 9.20. The predicted molar refractivity (Wildman–Crippen MR) is 109 cm³/mol. The number of carbonyl (C=O) groups is 3. The number of carbonyl (C=O) groups excluding carboxylic acids is 3. The summed E-state index contributed by atoms with van der Waals surface area (Å²) in [7, 11) is 0. The minimum atomic E-state index is -0.437. The maximum atomic E-state index is 12.8. The third kappa shape index (κ3) is 5.07. The molecule has 0 atom stereocenters. The Morgan fingerprint density at radius 3 is 2.18 bits per heavy atom. The smallest absolute Gasteiger partial charge is 0.272 e. The zero-order chi connectivity index (χ0) is 20.1. The minimum Gasteiger partial charge on any atom is -0.326 e. The van der Waals surface area contributed by atoms with Crippen LogP contribution in [0.5, 0.6) is 0 Å².